The quantitative estimate of drug-likeness (QED) is 0.281. The van der Waals surface area contributed by atoms with Gasteiger partial charge >= 0.3 is 0 Å². The van der Waals surface area contributed by atoms with E-state index in [0.29, 0.717) is 27.1 Å². The van der Waals surface area contributed by atoms with E-state index in [1.807, 2.05) is 13.8 Å². The van der Waals surface area contributed by atoms with Crippen LogP contribution in [0, 0.1) is 0 Å². The number of hydrogen-bond acceptors (Lipinski definition) is 4. The lowest BCUT2D eigenvalue weighted by Gasteiger charge is -2.32. The average molecular weight is 611 g/mol. The van der Waals surface area contributed by atoms with Crippen molar-refractivity contribution < 1.29 is 18.0 Å². The molecule has 0 unspecified atom stereocenters. The normalized spacial score (nSPS) is 12.9. The first-order valence-corrected chi connectivity index (χ1v) is 14.9. The van der Waals surface area contributed by atoms with Gasteiger partial charge in [0, 0.05) is 17.6 Å². The van der Waals surface area contributed by atoms with Crippen LogP contribution in [0.3, 0.4) is 0 Å². The summed E-state index contributed by atoms with van der Waals surface area (Å²) in [5, 5.41) is 3.84. The van der Waals surface area contributed by atoms with Gasteiger partial charge in [-0.2, -0.15) is 0 Å². The Hall–Kier alpha value is -2.78. The molecule has 1 N–H and O–H groups in total. The summed E-state index contributed by atoms with van der Waals surface area (Å²) in [4.78, 5) is 28.3. The number of rotatable bonds is 11. The first-order valence-electron chi connectivity index (χ1n) is 12.3. The van der Waals surface area contributed by atoms with E-state index in [-0.39, 0.29) is 29.1 Å². The van der Waals surface area contributed by atoms with E-state index in [2.05, 4.69) is 5.32 Å². The number of nitrogens with one attached hydrogen (secondary N) is 1. The molecule has 7 nitrogen and oxygen atoms in total. The van der Waals surface area contributed by atoms with Crippen LogP contribution in [-0.2, 0) is 26.2 Å². The maximum Gasteiger partial charge on any atom is 0.264 e. The third kappa shape index (κ3) is 7.88. The lowest BCUT2D eigenvalue weighted by atomic mass is 10.1. The van der Waals surface area contributed by atoms with Crippen molar-refractivity contribution in [1.82, 2.24) is 10.2 Å². The van der Waals surface area contributed by atoms with Gasteiger partial charge in [0.1, 0.15) is 12.6 Å². The highest BCUT2D eigenvalue weighted by Gasteiger charge is 2.33. The maximum absolute atomic E-state index is 13.9. The van der Waals surface area contributed by atoms with Crippen LogP contribution < -0.4 is 9.62 Å². The lowest BCUT2D eigenvalue weighted by Crippen LogP contribution is -2.52. The summed E-state index contributed by atoms with van der Waals surface area (Å²) in [6, 6.07) is 17.9. The standard InChI is InChI=1S/C28H30Cl3N3O4S/c1-4-19(2)32-28(36)20(3)33(17-21-13-14-25(30)26(31)15-21)27(35)18-34(23-10-8-9-22(29)16-23)39(37,38)24-11-6-5-7-12-24/h5-16,19-20H,4,17-18H2,1-3H3,(H,32,36)/t19-,20-/m1/s1. The van der Waals surface area contributed by atoms with Crippen molar-refractivity contribution in [3.63, 3.8) is 0 Å². The number of amides is 2. The fourth-order valence-electron chi connectivity index (χ4n) is 3.76. The van der Waals surface area contributed by atoms with Gasteiger partial charge in [0.05, 0.1) is 20.6 Å². The molecular weight excluding hydrogens is 581 g/mol. The van der Waals surface area contributed by atoms with E-state index in [1.54, 1.807) is 61.5 Å². The fourth-order valence-corrected chi connectivity index (χ4v) is 5.69. The third-order valence-corrected chi connectivity index (χ3v) is 8.97. The lowest BCUT2D eigenvalue weighted by molar-refractivity contribution is -0.139. The molecule has 0 spiro atoms. The molecule has 0 saturated heterocycles. The van der Waals surface area contributed by atoms with Crippen molar-refractivity contribution in [3.8, 4) is 0 Å². The molecule has 0 aliphatic heterocycles. The molecule has 0 bridgehead atoms. The molecule has 0 aliphatic carbocycles. The van der Waals surface area contributed by atoms with E-state index in [0.717, 1.165) is 4.31 Å². The monoisotopic (exact) mass is 609 g/mol. The minimum Gasteiger partial charge on any atom is -0.352 e. The van der Waals surface area contributed by atoms with Crippen LogP contribution in [0.25, 0.3) is 0 Å². The molecule has 2 atom stereocenters. The number of nitrogens with zero attached hydrogens (tertiary/aromatic N) is 2. The van der Waals surface area contributed by atoms with E-state index < -0.39 is 28.5 Å². The summed E-state index contributed by atoms with van der Waals surface area (Å²) < 4.78 is 28.5. The maximum atomic E-state index is 13.9. The Morgan fingerprint density at radius 3 is 2.21 bits per heavy atom. The number of hydrogen-bond donors (Lipinski definition) is 1. The summed E-state index contributed by atoms with van der Waals surface area (Å²) in [6.45, 7) is 4.83. The van der Waals surface area contributed by atoms with Gasteiger partial charge < -0.3 is 10.2 Å². The van der Waals surface area contributed by atoms with Gasteiger partial charge in [-0.3, -0.25) is 13.9 Å². The van der Waals surface area contributed by atoms with Gasteiger partial charge in [-0.15, -0.1) is 0 Å². The number of anilines is 1. The molecular formula is C28H30Cl3N3O4S. The van der Waals surface area contributed by atoms with E-state index in [4.69, 9.17) is 34.8 Å². The largest absolute Gasteiger partial charge is 0.352 e. The Kier molecular flexibility index (Phi) is 10.7. The number of carbonyl (C=O) groups is 2. The van der Waals surface area contributed by atoms with Crippen molar-refractivity contribution in [2.24, 2.45) is 0 Å². The predicted molar refractivity (Wildman–Crippen MR) is 157 cm³/mol. The predicted octanol–water partition coefficient (Wildman–Crippen LogP) is 6.17. The summed E-state index contributed by atoms with van der Waals surface area (Å²) in [5.41, 5.74) is 0.840. The van der Waals surface area contributed by atoms with Gasteiger partial charge in [0.2, 0.25) is 11.8 Å². The molecule has 3 rings (SSSR count). The van der Waals surface area contributed by atoms with Crippen molar-refractivity contribution in [1.29, 1.82) is 0 Å². The van der Waals surface area contributed by atoms with Crippen molar-refractivity contribution in [2.75, 3.05) is 10.8 Å². The van der Waals surface area contributed by atoms with Gasteiger partial charge in [-0.05, 0) is 68.3 Å². The minimum atomic E-state index is -4.17. The molecule has 39 heavy (non-hydrogen) atoms. The Morgan fingerprint density at radius 2 is 1.59 bits per heavy atom. The van der Waals surface area contributed by atoms with E-state index in [1.165, 1.54) is 23.1 Å². The SMILES string of the molecule is CC[C@@H](C)NC(=O)[C@@H](C)N(Cc1ccc(Cl)c(Cl)c1)C(=O)CN(c1cccc(Cl)c1)S(=O)(=O)c1ccccc1. The highest BCUT2D eigenvalue weighted by Crippen LogP contribution is 2.27. The first-order chi connectivity index (χ1) is 18.4. The number of benzene rings is 3. The molecule has 0 heterocycles. The second-order valence-electron chi connectivity index (χ2n) is 9.07. The molecule has 3 aromatic carbocycles. The Bertz CT molecular complexity index is 1420. The van der Waals surface area contributed by atoms with Crippen molar-refractivity contribution in [3.05, 3.63) is 93.4 Å². The molecule has 2 amide bonds. The molecule has 0 aromatic heterocycles. The molecule has 0 saturated carbocycles. The Balaban J connectivity index is 2.03. The zero-order valence-electron chi connectivity index (χ0n) is 21.8. The van der Waals surface area contributed by atoms with Gasteiger partial charge in [0.25, 0.3) is 10.0 Å². The van der Waals surface area contributed by atoms with Gasteiger partial charge in [-0.1, -0.05) is 72.1 Å². The van der Waals surface area contributed by atoms with Crippen LogP contribution in [0.15, 0.2) is 77.7 Å². The van der Waals surface area contributed by atoms with Crippen LogP contribution in [-0.4, -0.2) is 43.8 Å². The third-order valence-electron chi connectivity index (χ3n) is 6.21. The molecule has 0 fully saturated rings. The zero-order valence-corrected chi connectivity index (χ0v) is 24.9. The van der Waals surface area contributed by atoms with Gasteiger partial charge in [-0.25, -0.2) is 8.42 Å². The second kappa shape index (κ2) is 13.5. The number of carbonyl (C=O) groups excluding carboxylic acids is 2. The minimum absolute atomic E-state index is 0.000411. The van der Waals surface area contributed by atoms with Crippen LogP contribution in [0.2, 0.25) is 15.1 Å². The molecule has 208 valence electrons. The topological polar surface area (TPSA) is 86.8 Å². The van der Waals surface area contributed by atoms with E-state index in [9.17, 15) is 18.0 Å². The summed E-state index contributed by atoms with van der Waals surface area (Å²) in [7, 11) is -4.17. The van der Waals surface area contributed by atoms with Crippen molar-refractivity contribution >= 4 is 62.3 Å². The van der Waals surface area contributed by atoms with Gasteiger partial charge in [0.15, 0.2) is 0 Å². The van der Waals surface area contributed by atoms with Crippen LogP contribution >= 0.6 is 34.8 Å². The highest BCUT2D eigenvalue weighted by molar-refractivity contribution is 7.92. The molecule has 3 aromatic rings. The number of sulfonamides is 1. The average Bonchev–Trinajstić information content (AvgIpc) is 2.92. The number of halogens is 3. The van der Waals surface area contributed by atoms with E-state index >= 15 is 0 Å². The Labute approximate surface area is 244 Å². The molecule has 0 radical (unpaired) electrons. The second-order valence-corrected chi connectivity index (χ2v) is 12.2. The fraction of sp³-hybridized carbons (Fsp3) is 0.286. The smallest absolute Gasteiger partial charge is 0.264 e. The first kappa shape index (κ1) is 30.8. The van der Waals surface area contributed by atoms with Crippen LogP contribution in [0.4, 0.5) is 5.69 Å². The highest BCUT2D eigenvalue weighted by atomic mass is 35.5. The van der Waals surface area contributed by atoms with Crippen LogP contribution in [0.5, 0.6) is 0 Å². The summed E-state index contributed by atoms with van der Waals surface area (Å²) >= 11 is 18.4. The molecule has 11 heteroatoms. The zero-order chi connectivity index (χ0) is 28.7. The summed E-state index contributed by atoms with van der Waals surface area (Å²) in [6.07, 6.45) is 0.705. The molecule has 0 aliphatic rings. The van der Waals surface area contributed by atoms with Crippen LogP contribution in [0.1, 0.15) is 32.8 Å². The van der Waals surface area contributed by atoms with Crippen molar-refractivity contribution in [2.45, 2.75) is 50.7 Å². The summed E-state index contributed by atoms with van der Waals surface area (Å²) in [5.74, 6) is -0.953. The Morgan fingerprint density at radius 1 is 0.897 bits per heavy atom.